The van der Waals surface area contributed by atoms with E-state index < -0.39 is 5.09 Å². The summed E-state index contributed by atoms with van der Waals surface area (Å²) in [7, 11) is 0. The van der Waals surface area contributed by atoms with Crippen molar-refractivity contribution in [2.75, 3.05) is 0 Å². The van der Waals surface area contributed by atoms with Crippen molar-refractivity contribution in [3.05, 3.63) is 10.1 Å². The Hall–Kier alpha value is 0.132. The van der Waals surface area contributed by atoms with E-state index in [4.69, 9.17) is 15.3 Å². The van der Waals surface area contributed by atoms with Crippen molar-refractivity contribution in [3.63, 3.8) is 0 Å². The van der Waals surface area contributed by atoms with Crippen molar-refractivity contribution in [1.82, 2.24) is 0 Å². The smallest absolute Gasteiger partial charge is 0.291 e. The molecular formula is HNO6U-6. The van der Waals surface area contributed by atoms with Gasteiger partial charge in [-0.05, 0) is 0 Å². The first-order chi connectivity index (χ1) is 1.73. The molecule has 7 nitrogen and oxygen atoms in total. The minimum atomic E-state index is -1.50. The summed E-state index contributed by atoms with van der Waals surface area (Å²) < 4.78 is 0. The fourth-order valence-corrected chi connectivity index (χ4v) is 0. The monoisotopic (exact) mass is 349 g/mol. The van der Waals surface area contributed by atoms with E-state index in [-0.39, 0.29) is 47.5 Å². The molecule has 0 amide bonds. The number of nitrogens with zero attached hydrogens (tertiary/aromatic N) is 1. The van der Waals surface area contributed by atoms with E-state index in [1.165, 1.54) is 0 Å². The summed E-state index contributed by atoms with van der Waals surface area (Å²) in [5, 5.41) is 13.6. The maximum absolute atomic E-state index is 8.36. The largest absolute Gasteiger partial charge is 2.00 e. The molecule has 8 heavy (non-hydrogen) atoms. The van der Waals surface area contributed by atoms with Gasteiger partial charge in [0.15, 0.2) is 0 Å². The van der Waals surface area contributed by atoms with Crippen LogP contribution in [-0.4, -0.2) is 10.3 Å². The maximum Gasteiger partial charge on any atom is 0.291 e. The van der Waals surface area contributed by atoms with Gasteiger partial charge in [-0.25, -0.2) is 0 Å². The molecule has 1 N–H and O–H groups in total. The molecule has 0 aromatic rings. The maximum atomic E-state index is 8.36. The number of hydrogen-bond donors (Lipinski definition) is 1. The third-order valence-electron chi connectivity index (χ3n) is 0. The molecule has 0 saturated carbocycles. The Morgan fingerprint density at radius 1 is 1.25 bits per heavy atom. The second-order valence-corrected chi connectivity index (χ2v) is 0.238. The molecule has 0 aliphatic rings. The average molecular weight is 349 g/mol. The Bertz CT molecular complexity index is 31.5. The molecule has 0 aliphatic carbocycles. The molecule has 0 spiro atoms. The van der Waals surface area contributed by atoms with Gasteiger partial charge in [-0.3, -0.25) is 0 Å². The van der Waals surface area contributed by atoms with Crippen LogP contribution in [0.1, 0.15) is 0 Å². The SMILES string of the molecule is O=[N+]([O-])O.[O-2].[O-2].[O-2].[U]. The van der Waals surface area contributed by atoms with E-state index in [1.54, 1.807) is 0 Å². The van der Waals surface area contributed by atoms with Crippen LogP contribution in [0.25, 0.3) is 0 Å². The first-order valence-corrected chi connectivity index (χ1v) is 0.565. The van der Waals surface area contributed by atoms with Gasteiger partial charge >= 0.3 is 0 Å². The van der Waals surface area contributed by atoms with Gasteiger partial charge in [0, 0.05) is 31.1 Å². The molecule has 0 radical (unpaired) electrons. The van der Waals surface area contributed by atoms with Crippen molar-refractivity contribution in [2.45, 2.75) is 0 Å². The third-order valence-corrected chi connectivity index (χ3v) is 0. The molecule has 0 rings (SSSR count). The summed E-state index contributed by atoms with van der Waals surface area (Å²) >= 11 is 0. The molecule has 0 saturated heterocycles. The van der Waals surface area contributed by atoms with Crippen molar-refractivity contribution in [3.8, 4) is 0 Å². The molecule has 0 aliphatic heterocycles. The minimum Gasteiger partial charge on any atom is -2.00 e. The zero-order valence-corrected chi connectivity index (χ0v) is 7.60. The van der Waals surface area contributed by atoms with Gasteiger partial charge in [-0.1, -0.05) is 0 Å². The molecule has 0 fully saturated rings. The second kappa shape index (κ2) is 27.3. The van der Waals surface area contributed by atoms with E-state index >= 15 is 0 Å². The van der Waals surface area contributed by atoms with Gasteiger partial charge in [0.2, 0.25) is 0 Å². The first kappa shape index (κ1) is 42.2. The summed E-state index contributed by atoms with van der Waals surface area (Å²) in [5.74, 6) is 0. The van der Waals surface area contributed by atoms with Crippen molar-refractivity contribution < 1.29 is 57.8 Å². The quantitative estimate of drug-likeness (QED) is 0.455. The van der Waals surface area contributed by atoms with Crippen LogP contribution in [0.2, 0.25) is 0 Å². The van der Waals surface area contributed by atoms with Crippen molar-refractivity contribution >= 4 is 0 Å². The van der Waals surface area contributed by atoms with Gasteiger partial charge < -0.3 is 21.6 Å². The van der Waals surface area contributed by atoms with Gasteiger partial charge in [-0.2, -0.15) is 0 Å². The molecular weight excluding hydrogens is 348 g/mol. The minimum absolute atomic E-state index is 0. The van der Waals surface area contributed by atoms with Crippen LogP contribution >= 0.6 is 0 Å². The Balaban J connectivity index is -0.00000000750. The Kier molecular flexibility index (Phi) is 144. The van der Waals surface area contributed by atoms with Crippen LogP contribution in [0.15, 0.2) is 0 Å². The standard InChI is InChI=1S/HNO3.3O.U/c2-1(3)4;;;;/h(H,2,3,4);;;;/q;3*-2;. The van der Waals surface area contributed by atoms with Gasteiger partial charge in [0.1, 0.15) is 0 Å². The van der Waals surface area contributed by atoms with E-state index in [9.17, 15) is 0 Å². The molecule has 0 aromatic carbocycles. The zero-order valence-electron chi connectivity index (χ0n) is 3.44. The Morgan fingerprint density at radius 2 is 1.25 bits per heavy atom. The molecule has 0 aromatic heterocycles. The fourth-order valence-electron chi connectivity index (χ4n) is 0. The normalized spacial score (nSPS) is 3.00. The average Bonchev–Trinajstić information content (AvgIpc) is 0.811. The molecule has 0 bridgehead atoms. The Morgan fingerprint density at radius 3 is 1.25 bits per heavy atom. The summed E-state index contributed by atoms with van der Waals surface area (Å²) in [6, 6.07) is 0. The summed E-state index contributed by atoms with van der Waals surface area (Å²) in [6.45, 7) is 0. The Labute approximate surface area is 68.1 Å². The van der Waals surface area contributed by atoms with Crippen molar-refractivity contribution in [1.29, 1.82) is 0 Å². The first-order valence-electron chi connectivity index (χ1n) is 0.565. The topological polar surface area (TPSA) is 149 Å². The zero-order chi connectivity index (χ0) is 3.58. The van der Waals surface area contributed by atoms with Crippen LogP contribution in [-0.2, 0) is 16.4 Å². The molecule has 0 atom stereocenters. The second-order valence-electron chi connectivity index (χ2n) is 0.238. The van der Waals surface area contributed by atoms with Gasteiger partial charge in [0.25, 0.3) is 5.09 Å². The fraction of sp³-hybridized carbons (Fsp3) is 0. The third kappa shape index (κ3) is 9280. The van der Waals surface area contributed by atoms with Gasteiger partial charge in [-0.15, -0.1) is 10.1 Å². The summed E-state index contributed by atoms with van der Waals surface area (Å²) in [6.07, 6.45) is 0. The van der Waals surface area contributed by atoms with Crippen LogP contribution < -0.4 is 0 Å². The van der Waals surface area contributed by atoms with Crippen LogP contribution in [0.3, 0.4) is 0 Å². The van der Waals surface area contributed by atoms with Crippen LogP contribution in [0.4, 0.5) is 0 Å². The van der Waals surface area contributed by atoms with E-state index in [1.807, 2.05) is 0 Å². The summed E-state index contributed by atoms with van der Waals surface area (Å²) in [5.41, 5.74) is 0. The molecule has 8 heteroatoms. The predicted octanol–water partition coefficient (Wildman–Crippen LogP) is -0.704. The van der Waals surface area contributed by atoms with E-state index in [2.05, 4.69) is 0 Å². The predicted molar refractivity (Wildman–Crippen MR) is 10.8 cm³/mol. The number of hydrogen-bond acceptors (Lipinski definition) is 2. The number of rotatable bonds is 0. The van der Waals surface area contributed by atoms with Crippen molar-refractivity contribution in [2.24, 2.45) is 0 Å². The van der Waals surface area contributed by atoms with E-state index in [0.29, 0.717) is 0 Å². The molecule has 52 valence electrons. The van der Waals surface area contributed by atoms with Crippen LogP contribution in [0, 0.1) is 41.2 Å². The molecule has 0 unspecified atom stereocenters. The summed E-state index contributed by atoms with van der Waals surface area (Å²) in [4.78, 5) is 8.36. The van der Waals surface area contributed by atoms with E-state index in [0.717, 1.165) is 0 Å². The molecule has 0 heterocycles. The van der Waals surface area contributed by atoms with Crippen LogP contribution in [0.5, 0.6) is 0 Å². The van der Waals surface area contributed by atoms with Gasteiger partial charge in [0.05, 0.1) is 0 Å².